The van der Waals surface area contributed by atoms with E-state index in [1.807, 2.05) is 0 Å². The molecule has 1 rings (SSSR count). The van der Waals surface area contributed by atoms with Gasteiger partial charge in [0.05, 0.1) is 5.92 Å². The quantitative estimate of drug-likeness (QED) is 0.783. The van der Waals surface area contributed by atoms with E-state index in [0.717, 1.165) is 0 Å². The van der Waals surface area contributed by atoms with Gasteiger partial charge in [0.15, 0.2) is 0 Å². The fourth-order valence-corrected chi connectivity index (χ4v) is 1.94. The maximum atomic E-state index is 11.8. The van der Waals surface area contributed by atoms with Gasteiger partial charge in [0.2, 0.25) is 5.91 Å². The first-order valence-corrected chi connectivity index (χ1v) is 6.28. The van der Waals surface area contributed by atoms with Gasteiger partial charge in [-0.15, -0.1) is 0 Å². The van der Waals surface area contributed by atoms with E-state index in [4.69, 9.17) is 5.11 Å². The summed E-state index contributed by atoms with van der Waals surface area (Å²) in [4.78, 5) is 38.1. The molecule has 2 N–H and O–H groups in total. The van der Waals surface area contributed by atoms with Gasteiger partial charge in [-0.3, -0.25) is 14.2 Å². The van der Waals surface area contributed by atoms with Crippen LogP contribution in [0.5, 0.6) is 0 Å². The molecule has 0 aliphatic carbocycles. The molecular weight excluding hydrogens is 262 g/mol. The molecule has 0 aliphatic heterocycles. The molecule has 0 fully saturated rings. The second-order valence-electron chi connectivity index (χ2n) is 4.75. The first kappa shape index (κ1) is 15.9. The maximum absolute atomic E-state index is 11.8. The lowest BCUT2D eigenvalue weighted by Gasteiger charge is -2.16. The fraction of sp³-hybridized carbons (Fsp3) is 0.538. The first-order valence-electron chi connectivity index (χ1n) is 6.28. The molecule has 1 atom stereocenters. The zero-order valence-corrected chi connectivity index (χ0v) is 12.1. The zero-order chi connectivity index (χ0) is 15.4. The maximum Gasteiger partial charge on any atom is 0.348 e. The predicted molar refractivity (Wildman–Crippen MR) is 72.5 cm³/mol. The lowest BCUT2D eigenvalue weighted by Crippen LogP contribution is -2.34. The number of aromatic nitrogens is 2. The van der Waals surface area contributed by atoms with E-state index in [1.165, 1.54) is 11.6 Å². The highest BCUT2D eigenvalue weighted by Crippen LogP contribution is 2.15. The summed E-state index contributed by atoms with van der Waals surface area (Å²) in [5.74, 6) is -1.80. The van der Waals surface area contributed by atoms with Crippen molar-refractivity contribution in [2.75, 3.05) is 7.05 Å². The van der Waals surface area contributed by atoms with Crippen LogP contribution in [0.15, 0.2) is 4.79 Å². The van der Waals surface area contributed by atoms with Crippen molar-refractivity contribution in [3.05, 3.63) is 27.4 Å². The fourth-order valence-electron chi connectivity index (χ4n) is 1.94. The van der Waals surface area contributed by atoms with E-state index < -0.39 is 17.6 Å². The number of aryl methyl sites for hydroxylation is 1. The summed E-state index contributed by atoms with van der Waals surface area (Å²) >= 11 is 0. The highest BCUT2D eigenvalue weighted by atomic mass is 16.4. The van der Waals surface area contributed by atoms with Crippen molar-refractivity contribution in [1.82, 2.24) is 14.9 Å². The third kappa shape index (κ3) is 3.43. The monoisotopic (exact) mass is 281 g/mol. The number of carboxylic acid groups (broad SMARTS) is 1. The molecule has 110 valence electrons. The van der Waals surface area contributed by atoms with E-state index >= 15 is 0 Å². The highest BCUT2D eigenvalue weighted by Gasteiger charge is 2.18. The number of hydrogen-bond acceptors (Lipinski definition) is 4. The van der Waals surface area contributed by atoms with Gasteiger partial charge in [-0.05, 0) is 25.8 Å². The number of nitrogens with one attached hydrogen (secondary N) is 1. The van der Waals surface area contributed by atoms with Gasteiger partial charge in [0.1, 0.15) is 6.54 Å². The second-order valence-corrected chi connectivity index (χ2v) is 4.75. The standard InChI is InChI=1S/C13H19N3O4/c1-7(12(18)19)5-10-8(2)15-13(20)16(9(10)3)6-11(17)14-4/h7H,5-6H2,1-4H3,(H,14,17)(H,18,19). The van der Waals surface area contributed by atoms with Crippen LogP contribution >= 0.6 is 0 Å². The van der Waals surface area contributed by atoms with E-state index in [1.54, 1.807) is 20.8 Å². The number of carbonyl (C=O) groups excluding carboxylic acids is 1. The van der Waals surface area contributed by atoms with Crippen LogP contribution < -0.4 is 11.0 Å². The number of nitrogens with zero attached hydrogens (tertiary/aromatic N) is 2. The molecule has 0 aromatic carbocycles. The summed E-state index contributed by atoms with van der Waals surface area (Å²) in [7, 11) is 1.48. The Bertz CT molecular complexity index is 592. The molecule has 7 nitrogen and oxygen atoms in total. The average molecular weight is 281 g/mol. The summed E-state index contributed by atoms with van der Waals surface area (Å²) in [6.07, 6.45) is 0.272. The Balaban J connectivity index is 3.25. The minimum atomic E-state index is -0.909. The molecule has 1 aromatic rings. The Morgan fingerprint density at radius 2 is 2.00 bits per heavy atom. The summed E-state index contributed by atoms with van der Waals surface area (Å²) in [5, 5.41) is 11.4. The van der Waals surface area contributed by atoms with Crippen LogP contribution in [-0.4, -0.2) is 33.6 Å². The normalized spacial score (nSPS) is 12.0. The molecule has 7 heteroatoms. The number of carboxylic acids is 1. The Morgan fingerprint density at radius 3 is 2.50 bits per heavy atom. The molecule has 0 radical (unpaired) electrons. The molecule has 0 aliphatic rings. The smallest absolute Gasteiger partial charge is 0.348 e. The summed E-state index contributed by atoms with van der Waals surface area (Å²) in [5.41, 5.74) is 1.28. The first-order chi connectivity index (χ1) is 9.27. The molecule has 1 heterocycles. The number of amides is 1. The van der Waals surface area contributed by atoms with E-state index in [2.05, 4.69) is 10.3 Å². The third-order valence-corrected chi connectivity index (χ3v) is 3.29. The van der Waals surface area contributed by atoms with Crippen molar-refractivity contribution in [2.24, 2.45) is 5.92 Å². The number of carbonyl (C=O) groups is 2. The van der Waals surface area contributed by atoms with Crippen LogP contribution in [0.1, 0.15) is 23.9 Å². The van der Waals surface area contributed by atoms with Gasteiger partial charge in [-0.1, -0.05) is 6.92 Å². The van der Waals surface area contributed by atoms with Crippen LogP contribution in [0.25, 0.3) is 0 Å². The third-order valence-electron chi connectivity index (χ3n) is 3.29. The minimum Gasteiger partial charge on any atom is -0.481 e. The van der Waals surface area contributed by atoms with E-state index in [-0.39, 0.29) is 18.9 Å². The van der Waals surface area contributed by atoms with Crippen LogP contribution in [0, 0.1) is 19.8 Å². The van der Waals surface area contributed by atoms with Gasteiger partial charge in [-0.2, -0.15) is 4.98 Å². The Labute approximate surface area is 116 Å². The highest BCUT2D eigenvalue weighted by molar-refractivity contribution is 5.75. The van der Waals surface area contributed by atoms with Gasteiger partial charge < -0.3 is 10.4 Å². The summed E-state index contributed by atoms with van der Waals surface area (Å²) in [6, 6.07) is 0. The van der Waals surface area contributed by atoms with Crippen molar-refractivity contribution in [3.63, 3.8) is 0 Å². The number of likely N-dealkylation sites (N-methyl/N-ethyl adjacent to an activating group) is 1. The summed E-state index contributed by atoms with van der Waals surface area (Å²) < 4.78 is 1.26. The van der Waals surface area contributed by atoms with Crippen molar-refractivity contribution < 1.29 is 14.7 Å². The Hall–Kier alpha value is -2.18. The second kappa shape index (κ2) is 6.31. The Morgan fingerprint density at radius 1 is 1.40 bits per heavy atom. The summed E-state index contributed by atoms with van der Waals surface area (Å²) in [6.45, 7) is 4.84. The molecule has 1 amide bonds. The van der Waals surface area contributed by atoms with Gasteiger partial charge in [0, 0.05) is 18.4 Å². The largest absolute Gasteiger partial charge is 0.481 e. The average Bonchev–Trinajstić information content (AvgIpc) is 2.38. The molecule has 1 unspecified atom stereocenters. The van der Waals surface area contributed by atoms with Gasteiger partial charge >= 0.3 is 11.7 Å². The van der Waals surface area contributed by atoms with E-state index in [9.17, 15) is 14.4 Å². The van der Waals surface area contributed by atoms with Crippen LogP contribution in [0.4, 0.5) is 0 Å². The SMILES string of the molecule is CNC(=O)Cn1c(C)c(CC(C)C(=O)O)c(C)nc1=O. The van der Waals surface area contributed by atoms with Crippen LogP contribution in [0.2, 0.25) is 0 Å². The molecule has 0 saturated carbocycles. The molecule has 20 heavy (non-hydrogen) atoms. The number of aliphatic carboxylic acids is 1. The van der Waals surface area contributed by atoms with Crippen LogP contribution in [0.3, 0.4) is 0 Å². The lowest BCUT2D eigenvalue weighted by molar-refractivity contribution is -0.141. The van der Waals surface area contributed by atoms with Gasteiger partial charge in [-0.25, -0.2) is 4.79 Å². The van der Waals surface area contributed by atoms with Gasteiger partial charge in [0.25, 0.3) is 0 Å². The molecule has 0 saturated heterocycles. The zero-order valence-electron chi connectivity index (χ0n) is 12.1. The minimum absolute atomic E-state index is 0.122. The number of rotatable bonds is 5. The van der Waals surface area contributed by atoms with Crippen LogP contribution in [-0.2, 0) is 22.6 Å². The predicted octanol–water partition coefficient (Wildman–Crippen LogP) is -0.131. The van der Waals surface area contributed by atoms with E-state index in [0.29, 0.717) is 17.0 Å². The lowest BCUT2D eigenvalue weighted by atomic mass is 9.99. The topological polar surface area (TPSA) is 101 Å². The van der Waals surface area contributed by atoms with Crippen molar-refractivity contribution in [2.45, 2.75) is 33.7 Å². The molecule has 1 aromatic heterocycles. The van der Waals surface area contributed by atoms with Crippen molar-refractivity contribution in [3.8, 4) is 0 Å². The number of hydrogen-bond donors (Lipinski definition) is 2. The van der Waals surface area contributed by atoms with Crippen molar-refractivity contribution in [1.29, 1.82) is 0 Å². The Kier molecular flexibility index (Phi) is 5.01. The molecular formula is C13H19N3O4. The molecule has 0 bridgehead atoms. The van der Waals surface area contributed by atoms with Crippen molar-refractivity contribution >= 4 is 11.9 Å². The molecule has 0 spiro atoms.